The standard InChI is InChI=1S/C24H30FN3O2.HI/c1-3-26-24(28-22-13-20(22)19-6-4-5-7-21(19)25)27-14-17-9-8-16(2)12-23(17)30-18-10-11-29-15-18;/h4-9,12,18,20,22H,3,10-11,13-15H2,1-2H3,(H2,26,27,28);1H. The normalized spacial score (nSPS) is 22.5. The van der Waals surface area contributed by atoms with Crippen LogP contribution in [0.4, 0.5) is 4.39 Å². The van der Waals surface area contributed by atoms with Crippen LogP contribution in [-0.2, 0) is 11.3 Å². The number of aliphatic imine (C=N–C) groups is 1. The molecule has 2 fully saturated rings. The lowest BCUT2D eigenvalue weighted by atomic mass is 10.1. The van der Waals surface area contributed by atoms with Crippen LogP contribution in [0.3, 0.4) is 0 Å². The summed E-state index contributed by atoms with van der Waals surface area (Å²) in [7, 11) is 0. The van der Waals surface area contributed by atoms with Crippen molar-refractivity contribution in [2.75, 3.05) is 19.8 Å². The molecular weight excluding hydrogens is 508 g/mol. The largest absolute Gasteiger partial charge is 0.488 e. The fraction of sp³-hybridized carbons (Fsp3) is 0.458. The van der Waals surface area contributed by atoms with Crippen LogP contribution < -0.4 is 15.4 Å². The Morgan fingerprint density at radius 2 is 2.10 bits per heavy atom. The van der Waals surface area contributed by atoms with E-state index in [0.717, 1.165) is 54.4 Å². The van der Waals surface area contributed by atoms with Gasteiger partial charge >= 0.3 is 0 Å². The minimum atomic E-state index is -0.133. The molecule has 168 valence electrons. The molecule has 1 aliphatic heterocycles. The predicted octanol–water partition coefficient (Wildman–Crippen LogP) is 4.53. The molecule has 4 rings (SSSR count). The van der Waals surface area contributed by atoms with E-state index in [4.69, 9.17) is 14.5 Å². The van der Waals surface area contributed by atoms with Crippen molar-refractivity contribution >= 4 is 29.9 Å². The number of guanidine groups is 1. The summed E-state index contributed by atoms with van der Waals surface area (Å²) in [6.07, 6.45) is 1.93. The maximum Gasteiger partial charge on any atom is 0.191 e. The maximum atomic E-state index is 14.1. The van der Waals surface area contributed by atoms with Gasteiger partial charge in [-0.2, -0.15) is 0 Å². The maximum absolute atomic E-state index is 14.1. The van der Waals surface area contributed by atoms with E-state index in [-0.39, 0.29) is 47.9 Å². The summed E-state index contributed by atoms with van der Waals surface area (Å²) >= 11 is 0. The molecule has 3 unspecified atom stereocenters. The average molecular weight is 539 g/mol. The van der Waals surface area contributed by atoms with Crippen molar-refractivity contribution in [3.05, 3.63) is 65.0 Å². The van der Waals surface area contributed by atoms with Crippen molar-refractivity contribution in [1.82, 2.24) is 10.6 Å². The lowest BCUT2D eigenvalue weighted by Crippen LogP contribution is -2.39. The molecule has 7 heteroatoms. The van der Waals surface area contributed by atoms with Gasteiger partial charge in [-0.05, 0) is 43.5 Å². The third kappa shape index (κ3) is 6.32. The molecular formula is C24H31FIN3O2. The van der Waals surface area contributed by atoms with E-state index in [0.29, 0.717) is 13.2 Å². The van der Waals surface area contributed by atoms with Crippen LogP contribution in [0.15, 0.2) is 47.5 Å². The molecule has 2 aliphatic rings. The summed E-state index contributed by atoms with van der Waals surface area (Å²) < 4.78 is 25.7. The average Bonchev–Trinajstić information content (AvgIpc) is 3.29. The number of nitrogens with one attached hydrogen (secondary N) is 2. The van der Waals surface area contributed by atoms with Crippen LogP contribution in [0.1, 0.15) is 42.4 Å². The summed E-state index contributed by atoms with van der Waals surface area (Å²) in [6.45, 7) is 6.77. The molecule has 31 heavy (non-hydrogen) atoms. The first-order valence-corrected chi connectivity index (χ1v) is 10.8. The number of hydrogen-bond donors (Lipinski definition) is 2. The van der Waals surface area contributed by atoms with Gasteiger partial charge in [-0.15, -0.1) is 24.0 Å². The van der Waals surface area contributed by atoms with Gasteiger partial charge in [0.15, 0.2) is 5.96 Å². The molecule has 1 saturated heterocycles. The smallest absolute Gasteiger partial charge is 0.191 e. The Kier molecular flexibility index (Phi) is 8.54. The van der Waals surface area contributed by atoms with Gasteiger partial charge in [-0.25, -0.2) is 9.38 Å². The highest BCUT2D eigenvalue weighted by atomic mass is 127. The third-order valence-corrected chi connectivity index (χ3v) is 5.57. The Bertz CT molecular complexity index is 902. The Hall–Kier alpha value is -1.87. The Balaban J connectivity index is 0.00000272. The van der Waals surface area contributed by atoms with E-state index in [1.54, 1.807) is 6.07 Å². The Morgan fingerprint density at radius 3 is 2.84 bits per heavy atom. The van der Waals surface area contributed by atoms with Gasteiger partial charge in [-0.1, -0.05) is 30.3 Å². The highest BCUT2D eigenvalue weighted by molar-refractivity contribution is 14.0. The van der Waals surface area contributed by atoms with E-state index in [2.05, 4.69) is 35.8 Å². The van der Waals surface area contributed by atoms with Crippen LogP contribution >= 0.6 is 24.0 Å². The Morgan fingerprint density at radius 1 is 1.26 bits per heavy atom. The number of rotatable bonds is 7. The summed E-state index contributed by atoms with van der Waals surface area (Å²) in [6, 6.07) is 13.4. The number of hydrogen-bond acceptors (Lipinski definition) is 3. The molecule has 1 saturated carbocycles. The SMILES string of the molecule is CCNC(=NCc1ccc(C)cc1OC1CCOC1)NC1CC1c1ccccc1F.I. The topological polar surface area (TPSA) is 54.9 Å². The van der Waals surface area contributed by atoms with Crippen LogP contribution in [0.5, 0.6) is 5.75 Å². The van der Waals surface area contributed by atoms with Crippen molar-refractivity contribution < 1.29 is 13.9 Å². The molecule has 0 amide bonds. The van der Waals surface area contributed by atoms with Crippen LogP contribution in [-0.4, -0.2) is 37.9 Å². The molecule has 2 N–H and O–H groups in total. The van der Waals surface area contributed by atoms with Gasteiger partial charge in [0.05, 0.1) is 19.8 Å². The lowest BCUT2D eigenvalue weighted by molar-refractivity contribution is 0.140. The predicted molar refractivity (Wildman–Crippen MR) is 132 cm³/mol. The summed E-state index contributed by atoms with van der Waals surface area (Å²) in [5.74, 6) is 1.68. The monoisotopic (exact) mass is 539 g/mol. The second-order valence-corrected chi connectivity index (χ2v) is 8.02. The minimum absolute atomic E-state index is 0. The first-order valence-electron chi connectivity index (χ1n) is 10.8. The molecule has 2 aromatic rings. The van der Waals surface area contributed by atoms with Crippen LogP contribution in [0, 0.1) is 12.7 Å². The number of aryl methyl sites for hydroxylation is 1. The summed E-state index contributed by atoms with van der Waals surface area (Å²) in [5, 5.41) is 6.75. The number of ether oxygens (including phenoxy) is 2. The van der Waals surface area contributed by atoms with Gasteiger partial charge in [0.2, 0.25) is 0 Å². The van der Waals surface area contributed by atoms with Gasteiger partial charge in [0, 0.05) is 30.5 Å². The molecule has 0 bridgehead atoms. The molecule has 0 radical (unpaired) electrons. The first-order chi connectivity index (χ1) is 14.6. The lowest BCUT2D eigenvalue weighted by Gasteiger charge is -2.16. The van der Waals surface area contributed by atoms with E-state index in [1.807, 2.05) is 19.1 Å². The molecule has 3 atom stereocenters. The number of halogens is 2. The first kappa shape index (κ1) is 23.8. The zero-order valence-corrected chi connectivity index (χ0v) is 20.4. The van der Waals surface area contributed by atoms with Gasteiger partial charge in [0.25, 0.3) is 0 Å². The number of benzene rings is 2. The fourth-order valence-corrected chi connectivity index (χ4v) is 3.82. The van der Waals surface area contributed by atoms with Gasteiger partial charge in [0.1, 0.15) is 17.7 Å². The number of nitrogens with zero attached hydrogens (tertiary/aromatic N) is 1. The second kappa shape index (κ2) is 11.1. The van der Waals surface area contributed by atoms with Gasteiger partial charge in [-0.3, -0.25) is 0 Å². The second-order valence-electron chi connectivity index (χ2n) is 8.02. The van der Waals surface area contributed by atoms with Crippen molar-refractivity contribution in [1.29, 1.82) is 0 Å². The zero-order chi connectivity index (χ0) is 20.9. The molecule has 0 aromatic heterocycles. The zero-order valence-electron chi connectivity index (χ0n) is 18.1. The van der Waals surface area contributed by atoms with E-state index in [1.165, 1.54) is 6.07 Å². The molecule has 0 spiro atoms. The third-order valence-electron chi connectivity index (χ3n) is 5.57. The molecule has 1 heterocycles. The Labute approximate surface area is 200 Å². The molecule has 2 aromatic carbocycles. The van der Waals surface area contributed by atoms with E-state index in [9.17, 15) is 4.39 Å². The fourth-order valence-electron chi connectivity index (χ4n) is 3.82. The quantitative estimate of drug-likeness (QED) is 0.309. The van der Waals surface area contributed by atoms with Crippen molar-refractivity contribution in [2.24, 2.45) is 4.99 Å². The van der Waals surface area contributed by atoms with Crippen LogP contribution in [0.25, 0.3) is 0 Å². The van der Waals surface area contributed by atoms with Crippen molar-refractivity contribution in [2.45, 2.75) is 51.3 Å². The van der Waals surface area contributed by atoms with Crippen molar-refractivity contribution in [3.8, 4) is 5.75 Å². The van der Waals surface area contributed by atoms with Crippen molar-refractivity contribution in [3.63, 3.8) is 0 Å². The highest BCUT2D eigenvalue weighted by Crippen LogP contribution is 2.41. The molecule has 1 aliphatic carbocycles. The summed E-state index contributed by atoms with van der Waals surface area (Å²) in [5.41, 5.74) is 2.98. The van der Waals surface area contributed by atoms with E-state index < -0.39 is 0 Å². The molecule has 5 nitrogen and oxygen atoms in total. The van der Waals surface area contributed by atoms with Gasteiger partial charge < -0.3 is 20.1 Å². The minimum Gasteiger partial charge on any atom is -0.488 e. The van der Waals surface area contributed by atoms with E-state index >= 15 is 0 Å². The highest BCUT2D eigenvalue weighted by Gasteiger charge is 2.40. The summed E-state index contributed by atoms with van der Waals surface area (Å²) in [4.78, 5) is 4.77. The van der Waals surface area contributed by atoms with Crippen LogP contribution in [0.2, 0.25) is 0 Å².